The SMILES string of the molecule is COc1ccc([C@H]2[C@H]3CNC[C@H]3CN2C(=O)c2nnc3n2CCCCC3)cc1. The van der Waals surface area contributed by atoms with Gasteiger partial charge >= 0.3 is 0 Å². The first-order chi connectivity index (χ1) is 13.8. The first kappa shape index (κ1) is 17.7. The number of carbonyl (C=O) groups is 1. The normalized spacial score (nSPS) is 26.6. The highest BCUT2D eigenvalue weighted by atomic mass is 16.5. The van der Waals surface area contributed by atoms with Crippen molar-refractivity contribution < 1.29 is 9.53 Å². The molecule has 1 aromatic heterocycles. The molecule has 0 spiro atoms. The lowest BCUT2D eigenvalue weighted by Crippen LogP contribution is -2.36. The standard InChI is InChI=1S/C21H27N5O2/c1-28-16-8-6-14(7-9-16)19-17-12-22-11-15(17)13-26(19)21(27)20-24-23-18-5-3-2-4-10-25(18)20/h6-9,15,17,19,22H,2-5,10-13H2,1H3/t15-,17-,19-/m0/s1. The van der Waals surface area contributed by atoms with Gasteiger partial charge in [0.25, 0.3) is 5.91 Å². The number of fused-ring (bicyclic) bond motifs is 2. The van der Waals surface area contributed by atoms with Crippen molar-refractivity contribution in [3.05, 3.63) is 41.5 Å². The van der Waals surface area contributed by atoms with Gasteiger partial charge < -0.3 is 19.5 Å². The number of nitrogens with zero attached hydrogens (tertiary/aromatic N) is 4. The van der Waals surface area contributed by atoms with Crippen molar-refractivity contribution in [1.29, 1.82) is 0 Å². The maximum Gasteiger partial charge on any atom is 0.292 e. The van der Waals surface area contributed by atoms with Crippen LogP contribution in [-0.4, -0.2) is 52.3 Å². The second-order valence-electron chi connectivity index (χ2n) is 8.16. The summed E-state index contributed by atoms with van der Waals surface area (Å²) in [5, 5.41) is 12.2. The summed E-state index contributed by atoms with van der Waals surface area (Å²) in [4.78, 5) is 15.6. The van der Waals surface area contributed by atoms with E-state index in [2.05, 4.69) is 32.2 Å². The second-order valence-corrected chi connectivity index (χ2v) is 8.16. The van der Waals surface area contributed by atoms with Gasteiger partial charge in [-0.05, 0) is 36.5 Å². The summed E-state index contributed by atoms with van der Waals surface area (Å²) < 4.78 is 7.37. The second kappa shape index (κ2) is 7.20. The van der Waals surface area contributed by atoms with E-state index in [0.29, 0.717) is 17.7 Å². The van der Waals surface area contributed by atoms with Crippen LogP contribution in [0.5, 0.6) is 5.75 Å². The molecule has 0 saturated carbocycles. The highest BCUT2D eigenvalue weighted by molar-refractivity contribution is 5.91. The molecular formula is C21H27N5O2. The number of ether oxygens (including phenoxy) is 1. The molecule has 3 aliphatic heterocycles. The quantitative estimate of drug-likeness (QED) is 0.881. The molecule has 2 saturated heterocycles. The highest BCUT2D eigenvalue weighted by Crippen LogP contribution is 2.43. The van der Waals surface area contributed by atoms with Crippen LogP contribution in [0.15, 0.2) is 24.3 Å². The van der Waals surface area contributed by atoms with Crippen LogP contribution in [0.4, 0.5) is 0 Å². The van der Waals surface area contributed by atoms with E-state index in [4.69, 9.17) is 4.74 Å². The van der Waals surface area contributed by atoms with Crippen molar-refractivity contribution >= 4 is 5.91 Å². The van der Waals surface area contributed by atoms with E-state index in [0.717, 1.165) is 57.0 Å². The molecule has 2 fully saturated rings. The van der Waals surface area contributed by atoms with Gasteiger partial charge in [-0.3, -0.25) is 4.79 Å². The maximum absolute atomic E-state index is 13.6. The van der Waals surface area contributed by atoms with Crippen molar-refractivity contribution in [1.82, 2.24) is 25.0 Å². The molecule has 3 aliphatic rings. The van der Waals surface area contributed by atoms with Crippen LogP contribution in [0.25, 0.3) is 0 Å². The monoisotopic (exact) mass is 381 g/mol. The van der Waals surface area contributed by atoms with E-state index in [1.165, 1.54) is 12.0 Å². The molecule has 5 rings (SSSR count). The third kappa shape index (κ3) is 2.89. The van der Waals surface area contributed by atoms with Crippen LogP contribution < -0.4 is 10.1 Å². The summed E-state index contributed by atoms with van der Waals surface area (Å²) in [6, 6.07) is 8.22. The van der Waals surface area contributed by atoms with Crippen LogP contribution >= 0.6 is 0 Å². The van der Waals surface area contributed by atoms with Crippen LogP contribution in [0.3, 0.4) is 0 Å². The molecule has 0 radical (unpaired) electrons. The summed E-state index contributed by atoms with van der Waals surface area (Å²) in [6.07, 6.45) is 4.31. The zero-order valence-corrected chi connectivity index (χ0v) is 16.3. The van der Waals surface area contributed by atoms with E-state index in [-0.39, 0.29) is 11.9 Å². The van der Waals surface area contributed by atoms with E-state index < -0.39 is 0 Å². The van der Waals surface area contributed by atoms with Crippen molar-refractivity contribution in [3.8, 4) is 5.75 Å². The minimum absolute atomic E-state index is 0.0240. The minimum Gasteiger partial charge on any atom is -0.497 e. The summed E-state index contributed by atoms with van der Waals surface area (Å²) in [5.74, 6) is 3.26. The van der Waals surface area contributed by atoms with Gasteiger partial charge in [-0.15, -0.1) is 10.2 Å². The number of hydrogen-bond acceptors (Lipinski definition) is 5. The minimum atomic E-state index is 0.0240. The van der Waals surface area contributed by atoms with E-state index in [1.54, 1.807) is 7.11 Å². The number of likely N-dealkylation sites (tertiary alicyclic amines) is 1. The Morgan fingerprint density at radius 1 is 1.14 bits per heavy atom. The van der Waals surface area contributed by atoms with E-state index >= 15 is 0 Å². The topological polar surface area (TPSA) is 72.3 Å². The average Bonchev–Trinajstić information content (AvgIpc) is 3.38. The molecule has 0 unspecified atom stereocenters. The van der Waals surface area contributed by atoms with Crippen LogP contribution in [-0.2, 0) is 13.0 Å². The lowest BCUT2D eigenvalue weighted by Gasteiger charge is -2.28. The molecule has 0 aliphatic carbocycles. The summed E-state index contributed by atoms with van der Waals surface area (Å²) in [7, 11) is 1.67. The number of aryl methyl sites for hydroxylation is 1. The van der Waals surface area contributed by atoms with Gasteiger partial charge in [-0.25, -0.2) is 0 Å². The number of nitrogens with one attached hydrogen (secondary N) is 1. The Morgan fingerprint density at radius 2 is 2.00 bits per heavy atom. The predicted octanol–water partition coefficient (Wildman–Crippen LogP) is 2.05. The lowest BCUT2D eigenvalue weighted by molar-refractivity contribution is 0.0695. The van der Waals surface area contributed by atoms with E-state index in [9.17, 15) is 4.79 Å². The van der Waals surface area contributed by atoms with Crippen LogP contribution in [0.2, 0.25) is 0 Å². The van der Waals surface area contributed by atoms with E-state index in [1.807, 2.05) is 17.0 Å². The Bertz CT molecular complexity index is 862. The van der Waals surface area contributed by atoms with Crippen molar-refractivity contribution in [2.75, 3.05) is 26.7 Å². The number of hydrogen-bond donors (Lipinski definition) is 1. The van der Waals surface area contributed by atoms with Gasteiger partial charge in [0.15, 0.2) is 0 Å². The van der Waals surface area contributed by atoms with Crippen molar-refractivity contribution in [3.63, 3.8) is 0 Å². The number of amides is 1. The first-order valence-corrected chi connectivity index (χ1v) is 10.3. The van der Waals surface area contributed by atoms with Crippen LogP contribution in [0.1, 0.15) is 47.3 Å². The fourth-order valence-corrected chi connectivity index (χ4v) is 5.13. The molecule has 1 amide bonds. The van der Waals surface area contributed by atoms with Crippen LogP contribution in [0, 0.1) is 11.8 Å². The van der Waals surface area contributed by atoms with Gasteiger partial charge in [0.1, 0.15) is 11.6 Å². The summed E-state index contributed by atoms with van der Waals surface area (Å²) in [5.41, 5.74) is 1.17. The molecule has 0 bridgehead atoms. The zero-order chi connectivity index (χ0) is 19.1. The zero-order valence-electron chi connectivity index (χ0n) is 16.3. The molecule has 2 aromatic rings. The number of carbonyl (C=O) groups excluding carboxylic acids is 1. The predicted molar refractivity (Wildman–Crippen MR) is 104 cm³/mol. The van der Waals surface area contributed by atoms with Crippen molar-refractivity contribution in [2.24, 2.45) is 11.8 Å². The highest BCUT2D eigenvalue weighted by Gasteiger charge is 2.47. The fraction of sp³-hybridized carbons (Fsp3) is 0.571. The molecule has 7 nitrogen and oxygen atoms in total. The Balaban J connectivity index is 1.48. The molecular weight excluding hydrogens is 354 g/mol. The molecule has 1 N–H and O–H groups in total. The summed E-state index contributed by atoms with van der Waals surface area (Å²) in [6.45, 7) is 3.54. The lowest BCUT2D eigenvalue weighted by atomic mass is 9.89. The third-order valence-electron chi connectivity index (χ3n) is 6.58. The Labute approximate surface area is 165 Å². The average molecular weight is 381 g/mol. The summed E-state index contributed by atoms with van der Waals surface area (Å²) >= 11 is 0. The largest absolute Gasteiger partial charge is 0.497 e. The van der Waals surface area contributed by atoms with Gasteiger partial charge in [0, 0.05) is 38.5 Å². The fourth-order valence-electron chi connectivity index (χ4n) is 5.13. The Kier molecular flexibility index (Phi) is 4.55. The molecule has 7 heteroatoms. The maximum atomic E-state index is 13.6. The smallest absolute Gasteiger partial charge is 0.292 e. The van der Waals surface area contributed by atoms with Gasteiger partial charge in [-0.1, -0.05) is 18.6 Å². The Morgan fingerprint density at radius 3 is 2.82 bits per heavy atom. The van der Waals surface area contributed by atoms with Gasteiger partial charge in [-0.2, -0.15) is 0 Å². The molecule has 148 valence electrons. The molecule has 4 heterocycles. The first-order valence-electron chi connectivity index (χ1n) is 10.3. The molecule has 28 heavy (non-hydrogen) atoms. The molecule has 3 atom stereocenters. The Hall–Kier alpha value is -2.41. The number of rotatable bonds is 3. The van der Waals surface area contributed by atoms with Gasteiger partial charge in [0.05, 0.1) is 13.2 Å². The number of benzene rings is 1. The number of aromatic nitrogens is 3. The number of methoxy groups -OCH3 is 1. The van der Waals surface area contributed by atoms with Gasteiger partial charge in [0.2, 0.25) is 5.82 Å². The molecule has 1 aromatic carbocycles. The van der Waals surface area contributed by atoms with Crippen molar-refractivity contribution in [2.45, 2.75) is 38.3 Å². The third-order valence-corrected chi connectivity index (χ3v) is 6.58.